The van der Waals surface area contributed by atoms with Crippen LogP contribution in [-0.4, -0.2) is 39.0 Å². The molecule has 0 amide bonds. The Kier molecular flexibility index (Phi) is 6.98. The summed E-state index contributed by atoms with van der Waals surface area (Å²) in [6, 6.07) is 0.692. The Hall–Kier alpha value is -0.120. The average molecular weight is 215 g/mol. The van der Waals surface area contributed by atoms with Crippen LogP contribution < -0.4 is 5.32 Å². The van der Waals surface area contributed by atoms with Crippen LogP contribution >= 0.6 is 0 Å². The molecule has 0 radical (unpaired) electrons. The number of hydrogen-bond donors (Lipinski definition) is 1. The normalized spacial score (nSPS) is 26.0. The van der Waals surface area contributed by atoms with Gasteiger partial charge in [0, 0.05) is 26.4 Å². The summed E-state index contributed by atoms with van der Waals surface area (Å²) < 4.78 is 10.8. The van der Waals surface area contributed by atoms with E-state index in [0.29, 0.717) is 12.1 Å². The van der Waals surface area contributed by atoms with Gasteiger partial charge in [0.05, 0.1) is 6.10 Å². The van der Waals surface area contributed by atoms with E-state index < -0.39 is 0 Å². The maximum atomic E-state index is 5.80. The third-order valence-corrected chi connectivity index (χ3v) is 2.91. The molecule has 1 N–H and O–H groups in total. The molecular weight excluding hydrogens is 190 g/mol. The molecule has 3 heteroatoms. The van der Waals surface area contributed by atoms with E-state index >= 15 is 0 Å². The molecule has 0 aromatic rings. The van der Waals surface area contributed by atoms with E-state index in [4.69, 9.17) is 9.47 Å². The van der Waals surface area contributed by atoms with Gasteiger partial charge in [-0.3, -0.25) is 0 Å². The van der Waals surface area contributed by atoms with Crippen LogP contribution in [0.5, 0.6) is 0 Å². The van der Waals surface area contributed by atoms with Crippen molar-refractivity contribution in [2.75, 3.05) is 26.9 Å². The van der Waals surface area contributed by atoms with E-state index in [1.807, 2.05) is 0 Å². The Bertz CT molecular complexity index is 153. The van der Waals surface area contributed by atoms with Crippen molar-refractivity contribution < 1.29 is 9.47 Å². The predicted octanol–water partition coefficient (Wildman–Crippen LogP) is 1.96. The van der Waals surface area contributed by atoms with Crippen molar-refractivity contribution in [3.63, 3.8) is 0 Å². The van der Waals surface area contributed by atoms with Gasteiger partial charge in [-0.2, -0.15) is 0 Å². The van der Waals surface area contributed by atoms with Crippen LogP contribution in [0.3, 0.4) is 0 Å². The molecule has 0 bridgehead atoms. The standard InChI is InChI=1S/C12H25NO2/c1-3-7-13-11-5-6-12(10-11)15-9-4-8-14-2/h11-13H,3-10H2,1-2H3. The monoisotopic (exact) mass is 215 g/mol. The van der Waals surface area contributed by atoms with Crippen molar-refractivity contribution in [1.29, 1.82) is 0 Å². The molecule has 1 fully saturated rings. The largest absolute Gasteiger partial charge is 0.385 e. The van der Waals surface area contributed by atoms with Crippen LogP contribution in [0.25, 0.3) is 0 Å². The van der Waals surface area contributed by atoms with E-state index in [2.05, 4.69) is 12.2 Å². The summed E-state index contributed by atoms with van der Waals surface area (Å²) >= 11 is 0. The van der Waals surface area contributed by atoms with Crippen molar-refractivity contribution in [2.24, 2.45) is 0 Å². The Balaban J connectivity index is 1.98. The maximum Gasteiger partial charge on any atom is 0.0590 e. The molecule has 2 unspecified atom stereocenters. The second kappa shape index (κ2) is 8.08. The lowest BCUT2D eigenvalue weighted by molar-refractivity contribution is 0.0426. The maximum absolute atomic E-state index is 5.80. The lowest BCUT2D eigenvalue weighted by Crippen LogP contribution is -2.27. The van der Waals surface area contributed by atoms with Gasteiger partial charge >= 0.3 is 0 Å². The lowest BCUT2D eigenvalue weighted by Gasteiger charge is -2.13. The van der Waals surface area contributed by atoms with Crippen LogP contribution in [0.4, 0.5) is 0 Å². The van der Waals surface area contributed by atoms with Gasteiger partial charge in [0.1, 0.15) is 0 Å². The summed E-state index contributed by atoms with van der Waals surface area (Å²) in [4.78, 5) is 0. The fourth-order valence-corrected chi connectivity index (χ4v) is 2.08. The van der Waals surface area contributed by atoms with Crippen LogP contribution in [0.2, 0.25) is 0 Å². The summed E-state index contributed by atoms with van der Waals surface area (Å²) in [5, 5.41) is 3.56. The van der Waals surface area contributed by atoms with Crippen molar-refractivity contribution >= 4 is 0 Å². The van der Waals surface area contributed by atoms with E-state index in [0.717, 1.165) is 26.2 Å². The molecular formula is C12H25NO2. The molecule has 1 aliphatic rings. The Morgan fingerprint density at radius 3 is 2.87 bits per heavy atom. The zero-order valence-corrected chi connectivity index (χ0v) is 10.1. The topological polar surface area (TPSA) is 30.5 Å². The fourth-order valence-electron chi connectivity index (χ4n) is 2.08. The quantitative estimate of drug-likeness (QED) is 0.628. The first-order valence-electron chi connectivity index (χ1n) is 6.20. The van der Waals surface area contributed by atoms with Gasteiger partial charge in [-0.05, 0) is 38.6 Å². The molecule has 0 aromatic heterocycles. The van der Waals surface area contributed by atoms with Gasteiger partial charge in [-0.15, -0.1) is 0 Å². The fraction of sp³-hybridized carbons (Fsp3) is 1.00. The van der Waals surface area contributed by atoms with Gasteiger partial charge in [0.15, 0.2) is 0 Å². The van der Waals surface area contributed by atoms with Crippen molar-refractivity contribution in [2.45, 2.75) is 51.2 Å². The third-order valence-electron chi connectivity index (χ3n) is 2.91. The predicted molar refractivity (Wildman–Crippen MR) is 62.2 cm³/mol. The molecule has 3 nitrogen and oxygen atoms in total. The summed E-state index contributed by atoms with van der Waals surface area (Å²) in [5.74, 6) is 0. The first-order valence-corrected chi connectivity index (χ1v) is 6.20. The Labute approximate surface area is 93.5 Å². The highest BCUT2D eigenvalue weighted by Gasteiger charge is 2.24. The molecule has 0 spiro atoms. The molecule has 1 aliphatic carbocycles. The summed E-state index contributed by atoms with van der Waals surface area (Å²) in [5.41, 5.74) is 0. The van der Waals surface area contributed by atoms with E-state index in [1.165, 1.54) is 25.7 Å². The minimum Gasteiger partial charge on any atom is -0.385 e. The van der Waals surface area contributed by atoms with E-state index in [1.54, 1.807) is 7.11 Å². The van der Waals surface area contributed by atoms with Crippen molar-refractivity contribution in [1.82, 2.24) is 5.32 Å². The number of hydrogen-bond acceptors (Lipinski definition) is 3. The zero-order valence-electron chi connectivity index (χ0n) is 10.1. The number of methoxy groups -OCH3 is 1. The Morgan fingerprint density at radius 1 is 1.27 bits per heavy atom. The minimum absolute atomic E-state index is 0.483. The second-order valence-electron chi connectivity index (χ2n) is 4.30. The molecule has 0 aliphatic heterocycles. The van der Waals surface area contributed by atoms with Crippen LogP contribution in [-0.2, 0) is 9.47 Å². The smallest absolute Gasteiger partial charge is 0.0590 e. The number of ether oxygens (including phenoxy) is 2. The number of nitrogens with one attached hydrogen (secondary N) is 1. The van der Waals surface area contributed by atoms with Crippen molar-refractivity contribution in [3.8, 4) is 0 Å². The molecule has 0 saturated heterocycles. The average Bonchev–Trinajstić information content (AvgIpc) is 2.69. The molecule has 0 aromatic carbocycles. The molecule has 1 saturated carbocycles. The van der Waals surface area contributed by atoms with Gasteiger partial charge in [0.25, 0.3) is 0 Å². The third kappa shape index (κ3) is 5.50. The van der Waals surface area contributed by atoms with E-state index in [-0.39, 0.29) is 0 Å². The molecule has 15 heavy (non-hydrogen) atoms. The lowest BCUT2D eigenvalue weighted by atomic mass is 10.2. The molecule has 2 atom stereocenters. The number of rotatable bonds is 8. The van der Waals surface area contributed by atoms with E-state index in [9.17, 15) is 0 Å². The summed E-state index contributed by atoms with van der Waals surface area (Å²) in [7, 11) is 1.74. The van der Waals surface area contributed by atoms with Gasteiger partial charge < -0.3 is 14.8 Å². The van der Waals surface area contributed by atoms with Crippen molar-refractivity contribution in [3.05, 3.63) is 0 Å². The van der Waals surface area contributed by atoms with Crippen LogP contribution in [0.15, 0.2) is 0 Å². The molecule has 1 rings (SSSR count). The highest BCUT2D eigenvalue weighted by molar-refractivity contribution is 4.80. The first-order chi connectivity index (χ1) is 7.36. The summed E-state index contributed by atoms with van der Waals surface area (Å²) in [6.07, 6.45) is 6.39. The highest BCUT2D eigenvalue weighted by Crippen LogP contribution is 2.22. The van der Waals surface area contributed by atoms with Crippen LogP contribution in [0.1, 0.15) is 39.0 Å². The van der Waals surface area contributed by atoms with Crippen LogP contribution in [0, 0.1) is 0 Å². The zero-order chi connectivity index (χ0) is 10.9. The minimum atomic E-state index is 0.483. The van der Waals surface area contributed by atoms with Gasteiger partial charge in [-0.25, -0.2) is 0 Å². The second-order valence-corrected chi connectivity index (χ2v) is 4.30. The van der Waals surface area contributed by atoms with Gasteiger partial charge in [0.2, 0.25) is 0 Å². The first kappa shape index (κ1) is 12.9. The van der Waals surface area contributed by atoms with Gasteiger partial charge in [-0.1, -0.05) is 6.92 Å². The Morgan fingerprint density at radius 2 is 2.13 bits per heavy atom. The SMILES string of the molecule is CCCNC1CCC(OCCCOC)C1. The molecule has 0 heterocycles. The summed E-state index contributed by atoms with van der Waals surface area (Å²) in [6.45, 7) is 5.00. The highest BCUT2D eigenvalue weighted by atomic mass is 16.5. The molecule has 90 valence electrons.